The van der Waals surface area contributed by atoms with E-state index in [1.165, 1.54) is 25.2 Å². The molecule has 2 aliphatic carbocycles. The Morgan fingerprint density at radius 1 is 1.16 bits per heavy atom. The molecule has 3 atom stereocenters. The van der Waals surface area contributed by atoms with E-state index in [2.05, 4.69) is 33.9 Å². The van der Waals surface area contributed by atoms with Crippen LogP contribution < -0.4 is 10.5 Å². The number of benzene rings is 1. The zero-order chi connectivity index (χ0) is 26.3. The number of rotatable bonds is 7. The molecule has 5 rings (SSSR count). The molecule has 3 aromatic rings. The molecule has 37 heavy (non-hydrogen) atoms. The van der Waals surface area contributed by atoms with Gasteiger partial charge in [0.1, 0.15) is 11.9 Å². The van der Waals surface area contributed by atoms with E-state index >= 15 is 4.39 Å². The molecule has 2 fully saturated rings. The van der Waals surface area contributed by atoms with Crippen molar-refractivity contribution < 1.29 is 13.9 Å². The molecular formula is C28H33F2N5O2. The number of hydrogen-bond acceptors (Lipinski definition) is 6. The summed E-state index contributed by atoms with van der Waals surface area (Å²) in [6.07, 6.45) is 7.11. The molecule has 1 aromatic carbocycles. The minimum Gasteiger partial charge on any atom is -0.507 e. The number of aromatic hydroxyl groups is 1. The van der Waals surface area contributed by atoms with Gasteiger partial charge in [0.2, 0.25) is 0 Å². The molecule has 0 unspecified atom stereocenters. The summed E-state index contributed by atoms with van der Waals surface area (Å²) in [7, 11) is 1.35. The summed E-state index contributed by atoms with van der Waals surface area (Å²) in [5, 5.41) is 19.4. The summed E-state index contributed by atoms with van der Waals surface area (Å²) in [5.41, 5.74) is 0.853. The zero-order valence-electron chi connectivity index (χ0n) is 21.5. The van der Waals surface area contributed by atoms with Gasteiger partial charge in [-0.3, -0.25) is 9.36 Å². The number of pyridine rings is 1. The van der Waals surface area contributed by atoms with Crippen molar-refractivity contribution in [2.45, 2.75) is 77.0 Å². The number of halogens is 2. The second-order valence-corrected chi connectivity index (χ2v) is 10.9. The van der Waals surface area contributed by atoms with E-state index in [4.69, 9.17) is 0 Å². The highest BCUT2D eigenvalue weighted by Crippen LogP contribution is 2.46. The van der Waals surface area contributed by atoms with Crippen LogP contribution in [-0.2, 0) is 7.05 Å². The van der Waals surface area contributed by atoms with Gasteiger partial charge in [-0.05, 0) is 73.3 Å². The fourth-order valence-corrected chi connectivity index (χ4v) is 5.68. The number of nitrogens with zero attached hydrogens (tertiary/aromatic N) is 5. The van der Waals surface area contributed by atoms with E-state index in [-0.39, 0.29) is 29.1 Å². The van der Waals surface area contributed by atoms with Crippen LogP contribution in [0.5, 0.6) is 5.75 Å². The van der Waals surface area contributed by atoms with Gasteiger partial charge in [-0.1, -0.05) is 26.3 Å². The summed E-state index contributed by atoms with van der Waals surface area (Å²) in [6, 6.07) is 7.29. The van der Waals surface area contributed by atoms with Gasteiger partial charge in [0.25, 0.3) is 5.56 Å². The third kappa shape index (κ3) is 5.08. The third-order valence-corrected chi connectivity index (χ3v) is 7.88. The molecule has 2 aliphatic rings. The molecule has 9 heteroatoms. The fourth-order valence-electron chi connectivity index (χ4n) is 5.68. The first-order chi connectivity index (χ1) is 17.7. The molecule has 0 radical (unpaired) electrons. The molecule has 7 nitrogen and oxygen atoms in total. The average Bonchev–Trinajstić information content (AvgIpc) is 3.70. The van der Waals surface area contributed by atoms with Gasteiger partial charge >= 0.3 is 0 Å². The normalized spacial score (nSPS) is 23.7. The minimum atomic E-state index is -0.914. The van der Waals surface area contributed by atoms with Crippen molar-refractivity contribution in [1.29, 1.82) is 0 Å². The molecule has 0 aliphatic heterocycles. The molecular weight excluding hydrogens is 476 g/mol. The van der Waals surface area contributed by atoms with Crippen molar-refractivity contribution in [2.75, 3.05) is 4.90 Å². The summed E-state index contributed by atoms with van der Waals surface area (Å²) in [5.74, 6) is 0.0119. The largest absolute Gasteiger partial charge is 0.507 e. The van der Waals surface area contributed by atoms with Gasteiger partial charge in [0, 0.05) is 19.2 Å². The van der Waals surface area contributed by atoms with Crippen molar-refractivity contribution >= 4 is 5.82 Å². The molecule has 0 spiro atoms. The molecule has 2 aromatic heterocycles. The highest BCUT2D eigenvalue weighted by molar-refractivity contribution is 5.72. The predicted octanol–water partition coefficient (Wildman–Crippen LogP) is 5.41. The van der Waals surface area contributed by atoms with E-state index in [1.54, 1.807) is 18.3 Å². The minimum absolute atomic E-state index is 0.112. The number of phenols is 1. The molecule has 0 amide bonds. The quantitative estimate of drug-likeness (QED) is 0.429. The standard InChI is InChI=1S/C28H33F2N5O2/c1-4-10-28(2)11-9-21(29)22(15-28)35(19-6-7-19)25-16-31-27(33-32-25)20-8-5-17(12-23(20)36)18-13-24(30)34(3)26(37)14-18/h5,8,12-14,16,19,21-22,36H,4,6-7,9-11,15H2,1-3H3/t21-,22+,28+/m0/s1. The van der Waals surface area contributed by atoms with Crippen LogP contribution in [0.25, 0.3) is 22.5 Å². The monoisotopic (exact) mass is 509 g/mol. The fraction of sp³-hybridized carbons (Fsp3) is 0.500. The van der Waals surface area contributed by atoms with Crippen molar-refractivity contribution in [2.24, 2.45) is 12.5 Å². The Morgan fingerprint density at radius 3 is 2.57 bits per heavy atom. The van der Waals surface area contributed by atoms with Crippen LogP contribution in [0.3, 0.4) is 0 Å². The maximum absolute atomic E-state index is 15.2. The summed E-state index contributed by atoms with van der Waals surface area (Å²) in [4.78, 5) is 18.5. The smallest absolute Gasteiger partial charge is 0.253 e. The molecule has 2 saturated carbocycles. The highest BCUT2D eigenvalue weighted by atomic mass is 19.1. The molecule has 0 bridgehead atoms. The lowest BCUT2D eigenvalue weighted by Gasteiger charge is -2.45. The Balaban J connectivity index is 1.40. The Bertz CT molecular complexity index is 1340. The van der Waals surface area contributed by atoms with Crippen LogP contribution in [0.4, 0.5) is 14.6 Å². The van der Waals surface area contributed by atoms with Crippen LogP contribution >= 0.6 is 0 Å². The van der Waals surface area contributed by atoms with E-state index in [9.17, 15) is 14.3 Å². The van der Waals surface area contributed by atoms with Crippen molar-refractivity contribution in [3.05, 3.63) is 52.8 Å². The molecule has 196 valence electrons. The summed E-state index contributed by atoms with van der Waals surface area (Å²) >= 11 is 0. The van der Waals surface area contributed by atoms with Crippen molar-refractivity contribution in [3.63, 3.8) is 0 Å². The lowest BCUT2D eigenvalue weighted by atomic mass is 9.70. The van der Waals surface area contributed by atoms with Gasteiger partial charge in [-0.25, -0.2) is 9.37 Å². The van der Waals surface area contributed by atoms with Gasteiger partial charge in [-0.15, -0.1) is 10.2 Å². The molecule has 1 N–H and O–H groups in total. The van der Waals surface area contributed by atoms with Crippen molar-refractivity contribution in [1.82, 2.24) is 19.7 Å². The number of aromatic nitrogens is 4. The molecule has 0 saturated heterocycles. The maximum Gasteiger partial charge on any atom is 0.253 e. The van der Waals surface area contributed by atoms with E-state index < -0.39 is 17.7 Å². The van der Waals surface area contributed by atoms with Gasteiger partial charge in [0.05, 0.1) is 17.8 Å². The van der Waals surface area contributed by atoms with Crippen LogP contribution in [0.1, 0.15) is 58.8 Å². The van der Waals surface area contributed by atoms with Crippen LogP contribution in [0.15, 0.2) is 41.3 Å². The number of phenolic OH excluding ortho intramolecular Hbond substituents is 1. The summed E-state index contributed by atoms with van der Waals surface area (Å²) < 4.78 is 30.1. The van der Waals surface area contributed by atoms with Crippen LogP contribution in [-0.4, -0.2) is 43.1 Å². The predicted molar refractivity (Wildman–Crippen MR) is 139 cm³/mol. The lowest BCUT2D eigenvalue weighted by Crippen LogP contribution is -2.50. The molecule has 2 heterocycles. The first-order valence-electron chi connectivity index (χ1n) is 13.0. The van der Waals surface area contributed by atoms with Crippen LogP contribution in [0.2, 0.25) is 0 Å². The van der Waals surface area contributed by atoms with Crippen LogP contribution in [0, 0.1) is 11.4 Å². The van der Waals surface area contributed by atoms with Gasteiger partial charge in [0.15, 0.2) is 17.6 Å². The van der Waals surface area contributed by atoms with Crippen molar-refractivity contribution in [3.8, 4) is 28.3 Å². The SMILES string of the molecule is CCC[C@]1(C)CC[C@H](F)[C@H](N(c2cnc(-c3ccc(-c4cc(F)n(C)c(=O)c4)cc3O)nn2)C2CC2)C1. The van der Waals surface area contributed by atoms with E-state index in [1.807, 2.05) is 0 Å². The topological polar surface area (TPSA) is 84.1 Å². The van der Waals surface area contributed by atoms with Gasteiger partial charge < -0.3 is 10.0 Å². The highest BCUT2D eigenvalue weighted by Gasteiger charge is 2.45. The third-order valence-electron chi connectivity index (χ3n) is 7.88. The number of anilines is 1. The number of hydrogen-bond donors (Lipinski definition) is 1. The first kappa shape index (κ1) is 25.3. The van der Waals surface area contributed by atoms with Gasteiger partial charge in [-0.2, -0.15) is 4.39 Å². The Morgan fingerprint density at radius 2 is 1.95 bits per heavy atom. The Labute approximate surface area is 215 Å². The lowest BCUT2D eigenvalue weighted by molar-refractivity contribution is 0.0994. The number of alkyl halides is 1. The maximum atomic E-state index is 15.2. The zero-order valence-corrected chi connectivity index (χ0v) is 21.5. The average molecular weight is 510 g/mol. The van der Waals surface area contributed by atoms with E-state index in [0.717, 1.165) is 43.1 Å². The Kier molecular flexibility index (Phi) is 6.72. The second-order valence-electron chi connectivity index (χ2n) is 10.9. The first-order valence-corrected chi connectivity index (χ1v) is 13.0. The summed E-state index contributed by atoms with van der Waals surface area (Å²) in [6.45, 7) is 4.44. The second kappa shape index (κ2) is 9.84. The Hall–Kier alpha value is -3.36. The van der Waals surface area contributed by atoms with E-state index in [0.29, 0.717) is 28.9 Å².